The van der Waals surface area contributed by atoms with Crippen molar-refractivity contribution in [2.75, 3.05) is 6.54 Å². The number of aliphatic imine (C=N–C) groups is 1. The van der Waals surface area contributed by atoms with Gasteiger partial charge in [0.05, 0.1) is 22.1 Å². The predicted molar refractivity (Wildman–Crippen MR) is 214 cm³/mol. The first kappa shape index (κ1) is 27.5. The monoisotopic (exact) mass is 637 g/mol. The Labute approximate surface area is 288 Å². The maximum absolute atomic E-state index is 4.47. The smallest absolute Gasteiger partial charge is 0.0547 e. The predicted octanol–water partition coefficient (Wildman–Crippen LogP) is 12.3. The third-order valence-electron chi connectivity index (χ3n) is 10.8. The summed E-state index contributed by atoms with van der Waals surface area (Å²) in [6.45, 7) is 0.821. The first-order valence-electron chi connectivity index (χ1n) is 17.4. The van der Waals surface area contributed by atoms with E-state index in [0.29, 0.717) is 0 Å². The van der Waals surface area contributed by atoms with Crippen molar-refractivity contribution in [1.82, 2.24) is 9.13 Å². The second kappa shape index (κ2) is 10.5. The molecule has 0 amide bonds. The molecule has 3 heterocycles. The van der Waals surface area contributed by atoms with Gasteiger partial charge in [-0.3, -0.25) is 4.99 Å². The normalized spacial score (nSPS) is 13.5. The van der Waals surface area contributed by atoms with Crippen LogP contribution >= 0.6 is 0 Å². The SMILES string of the molecule is C1=NCCC(n2c3ccccc3c3ccc(-c4ccc5c6ccccc6n(-c6ccc7c8ccccc8c8ccccc8c7c6)c5c4)cc32)=C1. The number of allylic oxidation sites excluding steroid dienone is 1. The number of hydrogen-bond donors (Lipinski definition) is 0. The summed E-state index contributed by atoms with van der Waals surface area (Å²) < 4.78 is 4.90. The van der Waals surface area contributed by atoms with Gasteiger partial charge in [-0.25, -0.2) is 0 Å². The molecule has 8 aromatic carbocycles. The fourth-order valence-corrected chi connectivity index (χ4v) is 8.58. The number of rotatable bonds is 3. The molecule has 3 heteroatoms. The molecule has 10 aromatic rings. The van der Waals surface area contributed by atoms with Crippen molar-refractivity contribution in [3.63, 3.8) is 0 Å². The molecular formula is C47H31N3. The first-order valence-corrected chi connectivity index (χ1v) is 17.4. The van der Waals surface area contributed by atoms with Crippen molar-refractivity contribution < 1.29 is 0 Å². The molecule has 0 unspecified atom stereocenters. The van der Waals surface area contributed by atoms with Crippen LogP contribution in [0.15, 0.2) is 163 Å². The second-order valence-electron chi connectivity index (χ2n) is 13.5. The number of benzene rings is 8. The van der Waals surface area contributed by atoms with Crippen molar-refractivity contribution >= 4 is 87.8 Å². The molecule has 234 valence electrons. The topological polar surface area (TPSA) is 22.2 Å². The molecule has 0 atom stereocenters. The lowest BCUT2D eigenvalue weighted by Gasteiger charge is -2.15. The van der Waals surface area contributed by atoms with Gasteiger partial charge in [-0.1, -0.05) is 115 Å². The van der Waals surface area contributed by atoms with Gasteiger partial charge in [0.1, 0.15) is 0 Å². The van der Waals surface area contributed by atoms with E-state index in [1.165, 1.54) is 98.4 Å². The van der Waals surface area contributed by atoms with Crippen LogP contribution in [0.3, 0.4) is 0 Å². The van der Waals surface area contributed by atoms with Crippen LogP contribution < -0.4 is 0 Å². The molecule has 0 bridgehead atoms. The zero-order chi connectivity index (χ0) is 32.8. The summed E-state index contributed by atoms with van der Waals surface area (Å²) in [6.07, 6.45) is 5.05. The highest BCUT2D eigenvalue weighted by Gasteiger charge is 2.18. The Balaban J connectivity index is 1.16. The molecule has 0 spiro atoms. The van der Waals surface area contributed by atoms with Crippen LogP contribution in [0.1, 0.15) is 6.42 Å². The Kier molecular flexibility index (Phi) is 5.79. The van der Waals surface area contributed by atoms with Crippen LogP contribution in [-0.4, -0.2) is 21.9 Å². The summed E-state index contributed by atoms with van der Waals surface area (Å²) >= 11 is 0. The number of para-hydroxylation sites is 2. The van der Waals surface area contributed by atoms with Gasteiger partial charge in [0.15, 0.2) is 0 Å². The molecule has 0 radical (unpaired) electrons. The van der Waals surface area contributed by atoms with E-state index in [-0.39, 0.29) is 0 Å². The van der Waals surface area contributed by atoms with Gasteiger partial charge in [-0.2, -0.15) is 0 Å². The van der Waals surface area contributed by atoms with Crippen molar-refractivity contribution in [1.29, 1.82) is 0 Å². The molecule has 0 saturated carbocycles. The number of fused-ring (bicyclic) bond motifs is 12. The summed E-state index contributed by atoms with van der Waals surface area (Å²) in [5.41, 5.74) is 9.77. The van der Waals surface area contributed by atoms with Crippen molar-refractivity contribution in [2.45, 2.75) is 6.42 Å². The first-order chi connectivity index (χ1) is 24.8. The summed E-state index contributed by atoms with van der Waals surface area (Å²) in [5, 5.41) is 12.8. The van der Waals surface area contributed by atoms with Crippen LogP contribution in [0.5, 0.6) is 0 Å². The van der Waals surface area contributed by atoms with Gasteiger partial charge < -0.3 is 9.13 Å². The molecule has 0 aliphatic carbocycles. The summed E-state index contributed by atoms with van der Waals surface area (Å²) in [4.78, 5) is 4.47. The minimum absolute atomic E-state index is 0.821. The molecule has 0 N–H and O–H groups in total. The van der Waals surface area contributed by atoms with E-state index in [0.717, 1.165) is 13.0 Å². The summed E-state index contributed by atoms with van der Waals surface area (Å²) in [6, 6.07) is 56.2. The molecule has 3 nitrogen and oxygen atoms in total. The van der Waals surface area contributed by atoms with E-state index in [9.17, 15) is 0 Å². The average Bonchev–Trinajstić information content (AvgIpc) is 3.70. The quantitative estimate of drug-likeness (QED) is 0.172. The number of aromatic nitrogens is 2. The Morgan fingerprint density at radius 1 is 0.380 bits per heavy atom. The summed E-state index contributed by atoms with van der Waals surface area (Å²) in [7, 11) is 0. The molecule has 1 aliphatic heterocycles. The zero-order valence-electron chi connectivity index (χ0n) is 27.3. The average molecular weight is 638 g/mol. The number of nitrogens with zero attached hydrogens (tertiary/aromatic N) is 3. The van der Waals surface area contributed by atoms with E-state index in [4.69, 9.17) is 0 Å². The minimum atomic E-state index is 0.821. The number of hydrogen-bond acceptors (Lipinski definition) is 1. The van der Waals surface area contributed by atoms with E-state index >= 15 is 0 Å². The number of dihydropyridines is 1. The molecule has 11 rings (SSSR count). The largest absolute Gasteiger partial charge is 0.313 e. The lowest BCUT2D eigenvalue weighted by atomic mass is 9.94. The van der Waals surface area contributed by atoms with Crippen molar-refractivity contribution in [3.8, 4) is 16.8 Å². The van der Waals surface area contributed by atoms with Gasteiger partial charge in [0.25, 0.3) is 0 Å². The third-order valence-corrected chi connectivity index (χ3v) is 10.8. The Hall–Kier alpha value is -6.45. The highest BCUT2D eigenvalue weighted by atomic mass is 15.0. The Bertz CT molecular complexity index is 3060. The maximum Gasteiger partial charge on any atom is 0.0547 e. The molecule has 0 saturated heterocycles. The van der Waals surface area contributed by atoms with Crippen LogP contribution in [0.2, 0.25) is 0 Å². The van der Waals surface area contributed by atoms with E-state index in [2.05, 4.69) is 172 Å². The van der Waals surface area contributed by atoms with Crippen molar-refractivity contribution in [3.05, 3.63) is 158 Å². The van der Waals surface area contributed by atoms with Crippen molar-refractivity contribution in [2.24, 2.45) is 4.99 Å². The van der Waals surface area contributed by atoms with Gasteiger partial charge in [0.2, 0.25) is 0 Å². The lowest BCUT2D eigenvalue weighted by molar-refractivity contribution is 0.960. The highest BCUT2D eigenvalue weighted by molar-refractivity contribution is 6.25. The van der Waals surface area contributed by atoms with E-state index in [1.807, 2.05) is 6.21 Å². The maximum atomic E-state index is 4.47. The lowest BCUT2D eigenvalue weighted by Crippen LogP contribution is -2.02. The van der Waals surface area contributed by atoms with Gasteiger partial charge in [-0.05, 0) is 85.9 Å². The zero-order valence-corrected chi connectivity index (χ0v) is 27.3. The third kappa shape index (κ3) is 3.89. The molecule has 1 aliphatic rings. The van der Waals surface area contributed by atoms with E-state index in [1.54, 1.807) is 0 Å². The van der Waals surface area contributed by atoms with Gasteiger partial charge in [0, 0.05) is 52.1 Å². The highest BCUT2D eigenvalue weighted by Crippen LogP contribution is 2.40. The minimum Gasteiger partial charge on any atom is -0.313 e. The molecule has 0 fully saturated rings. The van der Waals surface area contributed by atoms with E-state index < -0.39 is 0 Å². The molecule has 2 aromatic heterocycles. The molecular weight excluding hydrogens is 607 g/mol. The fourth-order valence-electron chi connectivity index (χ4n) is 8.58. The Morgan fingerprint density at radius 2 is 0.840 bits per heavy atom. The Morgan fingerprint density at radius 3 is 1.42 bits per heavy atom. The van der Waals surface area contributed by atoms with Gasteiger partial charge >= 0.3 is 0 Å². The van der Waals surface area contributed by atoms with Crippen LogP contribution in [0.25, 0.3) is 98.4 Å². The summed E-state index contributed by atoms with van der Waals surface area (Å²) in [5.74, 6) is 0. The fraction of sp³-hybridized carbons (Fsp3) is 0.0426. The van der Waals surface area contributed by atoms with Crippen LogP contribution in [-0.2, 0) is 0 Å². The van der Waals surface area contributed by atoms with Gasteiger partial charge in [-0.15, -0.1) is 0 Å². The molecule has 50 heavy (non-hydrogen) atoms. The van der Waals surface area contributed by atoms with Crippen LogP contribution in [0.4, 0.5) is 0 Å². The second-order valence-corrected chi connectivity index (χ2v) is 13.5. The van der Waals surface area contributed by atoms with Crippen LogP contribution in [0, 0.1) is 0 Å². The standard InChI is InChI=1S/C47H31N3/c1-2-11-36-34(9-1)35-10-3-4-12-37(35)43-29-33(19-22-38(36)43)50-45-16-8-6-14-40(45)42-21-18-31(28-47(42)50)30-17-20-41-39-13-5-7-15-44(39)49(46(41)27-30)32-23-25-48-26-24-32/h1-23,25,27-29H,24,26H2.